The number of nitrogens with one attached hydrogen (secondary N) is 1. The summed E-state index contributed by atoms with van der Waals surface area (Å²) in [6.45, 7) is 4.67. The van der Waals surface area contributed by atoms with Gasteiger partial charge in [0, 0.05) is 12.1 Å². The fourth-order valence-electron chi connectivity index (χ4n) is 2.54. The standard InChI is InChI=1S/C14H30N2/c1-4-5-6-7-8-12-15-13-14(16(2)3)10-9-11-14/h15H,4-13H2,1-3H3. The molecule has 0 saturated heterocycles. The summed E-state index contributed by atoms with van der Waals surface area (Å²) in [5.41, 5.74) is 0.490. The van der Waals surface area contributed by atoms with Gasteiger partial charge >= 0.3 is 0 Å². The summed E-state index contributed by atoms with van der Waals surface area (Å²) in [7, 11) is 4.45. The third kappa shape index (κ3) is 4.06. The summed E-state index contributed by atoms with van der Waals surface area (Å²) in [4.78, 5) is 2.42. The lowest BCUT2D eigenvalue weighted by atomic mass is 9.75. The average Bonchev–Trinajstić information content (AvgIpc) is 2.19. The van der Waals surface area contributed by atoms with Gasteiger partial charge in [-0.3, -0.25) is 0 Å². The van der Waals surface area contributed by atoms with Crippen LogP contribution < -0.4 is 5.32 Å². The molecule has 16 heavy (non-hydrogen) atoms. The van der Waals surface area contributed by atoms with Gasteiger partial charge in [0.25, 0.3) is 0 Å². The van der Waals surface area contributed by atoms with Gasteiger partial charge in [0.2, 0.25) is 0 Å². The highest BCUT2D eigenvalue weighted by Gasteiger charge is 2.38. The first-order chi connectivity index (χ1) is 7.71. The molecule has 2 nitrogen and oxygen atoms in total. The monoisotopic (exact) mass is 226 g/mol. The summed E-state index contributed by atoms with van der Waals surface area (Å²) in [6, 6.07) is 0. The normalized spacial score (nSPS) is 18.8. The Morgan fingerprint density at radius 1 is 1.06 bits per heavy atom. The summed E-state index contributed by atoms with van der Waals surface area (Å²) >= 11 is 0. The van der Waals surface area contributed by atoms with Crippen molar-refractivity contribution in [2.45, 2.75) is 63.8 Å². The first-order valence-electron chi connectivity index (χ1n) is 7.09. The molecular weight excluding hydrogens is 196 g/mol. The van der Waals surface area contributed by atoms with E-state index in [1.807, 2.05) is 0 Å². The molecular formula is C14H30N2. The summed E-state index contributed by atoms with van der Waals surface area (Å²) in [6.07, 6.45) is 11.1. The molecule has 0 aromatic heterocycles. The van der Waals surface area contributed by atoms with Crippen molar-refractivity contribution in [3.63, 3.8) is 0 Å². The zero-order chi connectivity index (χ0) is 11.9. The molecule has 1 aliphatic rings. The van der Waals surface area contributed by atoms with Crippen molar-refractivity contribution >= 4 is 0 Å². The highest BCUT2D eigenvalue weighted by Crippen LogP contribution is 2.35. The van der Waals surface area contributed by atoms with Crippen LogP contribution in [0.2, 0.25) is 0 Å². The van der Waals surface area contributed by atoms with Crippen molar-refractivity contribution in [2.24, 2.45) is 0 Å². The first kappa shape index (κ1) is 14.0. The predicted octanol–water partition coefficient (Wildman–Crippen LogP) is 3.03. The van der Waals surface area contributed by atoms with Gasteiger partial charge in [-0.15, -0.1) is 0 Å². The lowest BCUT2D eigenvalue weighted by Crippen LogP contribution is -2.56. The molecule has 1 fully saturated rings. The van der Waals surface area contributed by atoms with Crippen molar-refractivity contribution < 1.29 is 0 Å². The number of unbranched alkanes of at least 4 members (excludes halogenated alkanes) is 4. The molecule has 96 valence electrons. The lowest BCUT2D eigenvalue weighted by molar-refractivity contribution is 0.0602. The first-order valence-corrected chi connectivity index (χ1v) is 7.09. The van der Waals surface area contributed by atoms with Crippen LogP contribution >= 0.6 is 0 Å². The number of likely N-dealkylation sites (N-methyl/N-ethyl adjacent to an activating group) is 1. The maximum atomic E-state index is 3.64. The molecule has 0 aromatic rings. The van der Waals surface area contributed by atoms with Crippen LogP contribution in [0.3, 0.4) is 0 Å². The van der Waals surface area contributed by atoms with E-state index in [0.717, 1.165) is 0 Å². The third-order valence-electron chi connectivity index (χ3n) is 4.14. The lowest BCUT2D eigenvalue weighted by Gasteiger charge is -2.47. The second-order valence-corrected chi connectivity index (χ2v) is 5.56. The maximum Gasteiger partial charge on any atom is 0.0327 e. The Morgan fingerprint density at radius 3 is 2.25 bits per heavy atom. The number of hydrogen-bond donors (Lipinski definition) is 1. The molecule has 1 rings (SSSR count). The van der Waals surface area contributed by atoms with Gasteiger partial charge in [-0.05, 0) is 46.3 Å². The number of hydrogen-bond acceptors (Lipinski definition) is 2. The quantitative estimate of drug-likeness (QED) is 0.608. The van der Waals surface area contributed by atoms with Crippen molar-refractivity contribution in [3.05, 3.63) is 0 Å². The van der Waals surface area contributed by atoms with E-state index in [4.69, 9.17) is 0 Å². The van der Waals surface area contributed by atoms with E-state index in [1.165, 1.54) is 64.5 Å². The molecule has 0 bridgehead atoms. The van der Waals surface area contributed by atoms with E-state index in [1.54, 1.807) is 0 Å². The highest BCUT2D eigenvalue weighted by atomic mass is 15.2. The fourth-order valence-corrected chi connectivity index (χ4v) is 2.54. The van der Waals surface area contributed by atoms with Gasteiger partial charge in [-0.1, -0.05) is 32.6 Å². The SMILES string of the molecule is CCCCCCCNCC1(N(C)C)CCC1. The smallest absolute Gasteiger partial charge is 0.0327 e. The van der Waals surface area contributed by atoms with Crippen molar-refractivity contribution in [3.8, 4) is 0 Å². The molecule has 0 unspecified atom stereocenters. The van der Waals surface area contributed by atoms with E-state index in [2.05, 4.69) is 31.2 Å². The average molecular weight is 226 g/mol. The van der Waals surface area contributed by atoms with E-state index < -0.39 is 0 Å². The minimum atomic E-state index is 0.490. The predicted molar refractivity (Wildman–Crippen MR) is 71.9 cm³/mol. The van der Waals surface area contributed by atoms with Crippen LogP contribution in [0.5, 0.6) is 0 Å². The summed E-state index contributed by atoms with van der Waals surface area (Å²) < 4.78 is 0. The molecule has 0 heterocycles. The molecule has 1 N–H and O–H groups in total. The van der Waals surface area contributed by atoms with Crippen LogP contribution in [-0.2, 0) is 0 Å². The van der Waals surface area contributed by atoms with Crippen LogP contribution in [0, 0.1) is 0 Å². The zero-order valence-corrected chi connectivity index (χ0v) is 11.5. The zero-order valence-electron chi connectivity index (χ0n) is 11.5. The topological polar surface area (TPSA) is 15.3 Å². The Labute approximate surface area is 102 Å². The second kappa shape index (κ2) is 7.29. The van der Waals surface area contributed by atoms with Gasteiger partial charge in [0.15, 0.2) is 0 Å². The molecule has 0 aliphatic heterocycles. The van der Waals surface area contributed by atoms with Crippen LogP contribution in [-0.4, -0.2) is 37.6 Å². The molecule has 2 heteroatoms. The van der Waals surface area contributed by atoms with Gasteiger partial charge in [-0.25, -0.2) is 0 Å². The maximum absolute atomic E-state index is 3.64. The van der Waals surface area contributed by atoms with Crippen LogP contribution in [0.1, 0.15) is 58.3 Å². The molecule has 0 aromatic carbocycles. The van der Waals surface area contributed by atoms with Crippen molar-refractivity contribution in [1.82, 2.24) is 10.2 Å². The Morgan fingerprint density at radius 2 is 1.75 bits per heavy atom. The van der Waals surface area contributed by atoms with Crippen LogP contribution in [0.15, 0.2) is 0 Å². The Bertz CT molecular complexity index is 174. The molecule has 0 amide bonds. The Balaban J connectivity index is 1.98. The second-order valence-electron chi connectivity index (χ2n) is 5.56. The Kier molecular flexibility index (Phi) is 6.37. The van der Waals surface area contributed by atoms with Gasteiger partial charge in [0.1, 0.15) is 0 Å². The van der Waals surface area contributed by atoms with Gasteiger partial charge in [-0.2, -0.15) is 0 Å². The van der Waals surface area contributed by atoms with Crippen molar-refractivity contribution in [2.75, 3.05) is 27.2 Å². The molecule has 0 atom stereocenters. The van der Waals surface area contributed by atoms with Gasteiger partial charge < -0.3 is 10.2 Å². The van der Waals surface area contributed by atoms with E-state index >= 15 is 0 Å². The van der Waals surface area contributed by atoms with Gasteiger partial charge in [0.05, 0.1) is 0 Å². The number of nitrogens with zero attached hydrogens (tertiary/aromatic N) is 1. The molecule has 1 saturated carbocycles. The number of rotatable bonds is 9. The minimum Gasteiger partial charge on any atom is -0.315 e. The van der Waals surface area contributed by atoms with E-state index in [9.17, 15) is 0 Å². The van der Waals surface area contributed by atoms with E-state index in [-0.39, 0.29) is 0 Å². The largest absolute Gasteiger partial charge is 0.315 e. The molecule has 0 radical (unpaired) electrons. The fraction of sp³-hybridized carbons (Fsp3) is 1.00. The molecule has 0 spiro atoms. The van der Waals surface area contributed by atoms with Crippen molar-refractivity contribution in [1.29, 1.82) is 0 Å². The summed E-state index contributed by atoms with van der Waals surface area (Å²) in [5.74, 6) is 0. The highest BCUT2D eigenvalue weighted by molar-refractivity contribution is 4.97. The van der Waals surface area contributed by atoms with Crippen LogP contribution in [0.4, 0.5) is 0 Å². The molecule has 1 aliphatic carbocycles. The third-order valence-corrected chi connectivity index (χ3v) is 4.14. The summed E-state index contributed by atoms with van der Waals surface area (Å²) in [5, 5.41) is 3.64. The van der Waals surface area contributed by atoms with Crippen LogP contribution in [0.25, 0.3) is 0 Å². The Hall–Kier alpha value is -0.0800. The minimum absolute atomic E-state index is 0.490. The van der Waals surface area contributed by atoms with E-state index in [0.29, 0.717) is 5.54 Å².